The largest absolute Gasteiger partial charge is 0.508 e. The molecule has 106 valence electrons. The van der Waals surface area contributed by atoms with E-state index >= 15 is 0 Å². The van der Waals surface area contributed by atoms with Crippen molar-refractivity contribution in [2.24, 2.45) is 0 Å². The van der Waals surface area contributed by atoms with Gasteiger partial charge in [-0.25, -0.2) is 4.98 Å². The minimum Gasteiger partial charge on any atom is -0.508 e. The van der Waals surface area contributed by atoms with E-state index in [1.807, 2.05) is 0 Å². The number of aliphatic hydroxyl groups excluding tert-OH is 2. The number of aromatic nitrogens is 3. The average molecular weight is 274 g/mol. The highest BCUT2D eigenvalue weighted by atomic mass is 16.3. The third kappa shape index (κ3) is 2.34. The summed E-state index contributed by atoms with van der Waals surface area (Å²) < 4.78 is 0. The van der Waals surface area contributed by atoms with Gasteiger partial charge in [-0.15, -0.1) is 0 Å². The van der Waals surface area contributed by atoms with Gasteiger partial charge in [0, 0.05) is 12.2 Å². The molecular formula is C14H18N4O2. The number of hydrogen-bond acceptors (Lipinski definition) is 5. The number of fused-ring (bicyclic) bond motifs is 1. The van der Waals surface area contributed by atoms with Gasteiger partial charge in [-0.2, -0.15) is 5.10 Å². The quantitative estimate of drug-likeness (QED) is 0.644. The zero-order valence-corrected chi connectivity index (χ0v) is 11.1. The molecule has 1 aliphatic carbocycles. The summed E-state index contributed by atoms with van der Waals surface area (Å²) in [5.74, 6) is -0.0283. The second kappa shape index (κ2) is 5.13. The van der Waals surface area contributed by atoms with Crippen LogP contribution in [0.15, 0.2) is 19.0 Å². The fourth-order valence-electron chi connectivity index (χ4n) is 2.77. The molecule has 0 aliphatic heterocycles. The van der Waals surface area contributed by atoms with E-state index in [2.05, 4.69) is 27.1 Å². The van der Waals surface area contributed by atoms with Crippen molar-refractivity contribution in [3.05, 3.63) is 24.5 Å². The Hall–Kier alpha value is -2.08. The first-order valence-electron chi connectivity index (χ1n) is 6.80. The zero-order valence-electron chi connectivity index (χ0n) is 11.1. The van der Waals surface area contributed by atoms with Gasteiger partial charge in [0.2, 0.25) is 0 Å². The van der Waals surface area contributed by atoms with Crippen LogP contribution in [0.25, 0.3) is 16.8 Å². The maximum absolute atomic E-state index is 9.77. The van der Waals surface area contributed by atoms with Crippen LogP contribution in [0.1, 0.15) is 31.2 Å². The van der Waals surface area contributed by atoms with E-state index < -0.39 is 0 Å². The average Bonchev–Trinajstić information content (AvgIpc) is 2.87. The zero-order chi connectivity index (χ0) is 14.1. The molecule has 2 atom stereocenters. The molecule has 2 aromatic rings. The van der Waals surface area contributed by atoms with Crippen molar-refractivity contribution < 1.29 is 10.2 Å². The first-order chi connectivity index (χ1) is 9.65. The van der Waals surface area contributed by atoms with E-state index in [0.29, 0.717) is 17.6 Å². The Labute approximate surface area is 116 Å². The molecule has 0 bridgehead atoms. The number of pyridine rings is 1. The summed E-state index contributed by atoms with van der Waals surface area (Å²) in [6.07, 6.45) is 6.54. The number of nitrogens with one attached hydrogen (secondary N) is 2. The molecule has 0 spiro atoms. The molecule has 0 radical (unpaired) electrons. The van der Waals surface area contributed by atoms with Crippen LogP contribution < -0.4 is 5.32 Å². The number of H-pyrrole nitrogens is 1. The molecule has 0 saturated heterocycles. The summed E-state index contributed by atoms with van der Waals surface area (Å²) in [6, 6.07) is 0.178. The summed E-state index contributed by atoms with van der Waals surface area (Å²) in [7, 11) is 0. The van der Waals surface area contributed by atoms with Crippen LogP contribution in [-0.4, -0.2) is 37.5 Å². The van der Waals surface area contributed by atoms with Gasteiger partial charge < -0.3 is 15.5 Å². The Kier molecular flexibility index (Phi) is 3.31. The van der Waals surface area contributed by atoms with Crippen LogP contribution in [0.5, 0.6) is 0 Å². The lowest BCUT2D eigenvalue weighted by molar-refractivity contribution is 0.124. The number of rotatable bonds is 3. The van der Waals surface area contributed by atoms with Crippen LogP contribution in [0, 0.1) is 0 Å². The molecule has 0 unspecified atom stereocenters. The van der Waals surface area contributed by atoms with Gasteiger partial charge in [0.25, 0.3) is 0 Å². The number of nitrogens with zero attached hydrogens (tertiary/aromatic N) is 2. The lowest BCUT2D eigenvalue weighted by Gasteiger charge is -2.28. The predicted molar refractivity (Wildman–Crippen MR) is 77.4 cm³/mol. The van der Waals surface area contributed by atoms with E-state index in [1.54, 1.807) is 12.4 Å². The fourth-order valence-corrected chi connectivity index (χ4v) is 2.77. The standard InChI is InChI=1S/C14H18N4O2/c1-8(19)11-6-15-14-12(7-16-18-14)13(11)17-9-3-2-4-10(20)5-9/h6-7,9-10,19-20H,1-5H2,(H2,15,16,17,18)/t9-,10+/m0/s1. The van der Waals surface area contributed by atoms with Crippen LogP contribution in [0.4, 0.5) is 5.69 Å². The van der Waals surface area contributed by atoms with Crippen molar-refractivity contribution >= 4 is 22.5 Å². The molecule has 2 aromatic heterocycles. The molecule has 6 heteroatoms. The Balaban J connectivity index is 1.97. The molecule has 4 N–H and O–H groups in total. The van der Waals surface area contributed by atoms with Crippen LogP contribution >= 0.6 is 0 Å². The molecule has 0 aromatic carbocycles. The molecule has 0 amide bonds. The van der Waals surface area contributed by atoms with Gasteiger partial charge in [-0.3, -0.25) is 5.10 Å². The molecule has 1 aliphatic rings. The second-order valence-corrected chi connectivity index (χ2v) is 5.29. The SMILES string of the molecule is C=C(O)c1cnc2[nH]ncc2c1N[C@H]1CCC[C@@H](O)C1. The maximum Gasteiger partial charge on any atom is 0.157 e. The van der Waals surface area contributed by atoms with Gasteiger partial charge in [0.05, 0.1) is 28.9 Å². The molecule has 3 rings (SSSR count). The van der Waals surface area contributed by atoms with E-state index in [9.17, 15) is 10.2 Å². The smallest absolute Gasteiger partial charge is 0.157 e. The number of hydrogen-bond donors (Lipinski definition) is 4. The normalized spacial score (nSPS) is 22.9. The number of anilines is 1. The molecular weight excluding hydrogens is 256 g/mol. The minimum absolute atomic E-state index is 0.0283. The van der Waals surface area contributed by atoms with Crippen LogP contribution in [0.2, 0.25) is 0 Å². The molecule has 2 heterocycles. The van der Waals surface area contributed by atoms with Crippen LogP contribution in [0.3, 0.4) is 0 Å². The number of aliphatic hydroxyl groups is 2. The Bertz CT molecular complexity index is 637. The van der Waals surface area contributed by atoms with Crippen molar-refractivity contribution in [3.63, 3.8) is 0 Å². The van der Waals surface area contributed by atoms with E-state index in [-0.39, 0.29) is 17.9 Å². The van der Waals surface area contributed by atoms with E-state index in [1.165, 1.54) is 0 Å². The highest BCUT2D eigenvalue weighted by Gasteiger charge is 2.22. The first kappa shape index (κ1) is 12.9. The number of aromatic amines is 1. The van der Waals surface area contributed by atoms with Crippen LogP contribution in [-0.2, 0) is 0 Å². The molecule has 1 saturated carbocycles. The van der Waals surface area contributed by atoms with Gasteiger partial charge in [-0.1, -0.05) is 6.58 Å². The highest BCUT2D eigenvalue weighted by molar-refractivity contribution is 5.94. The summed E-state index contributed by atoms with van der Waals surface area (Å²) in [5, 5.41) is 30.5. The third-order valence-electron chi connectivity index (χ3n) is 3.79. The highest BCUT2D eigenvalue weighted by Crippen LogP contribution is 2.31. The molecule has 20 heavy (non-hydrogen) atoms. The van der Waals surface area contributed by atoms with Crippen molar-refractivity contribution in [1.82, 2.24) is 15.2 Å². The lowest BCUT2D eigenvalue weighted by atomic mass is 9.92. The van der Waals surface area contributed by atoms with Gasteiger partial charge in [-0.05, 0) is 25.7 Å². The van der Waals surface area contributed by atoms with Gasteiger partial charge >= 0.3 is 0 Å². The third-order valence-corrected chi connectivity index (χ3v) is 3.79. The van der Waals surface area contributed by atoms with Crippen molar-refractivity contribution in [2.75, 3.05) is 5.32 Å². The molecule has 1 fully saturated rings. The Morgan fingerprint density at radius 1 is 1.40 bits per heavy atom. The predicted octanol–water partition coefficient (Wildman–Crippen LogP) is 2.20. The van der Waals surface area contributed by atoms with E-state index in [0.717, 1.165) is 30.3 Å². The summed E-state index contributed by atoms with van der Waals surface area (Å²) in [5.41, 5.74) is 2.00. The van der Waals surface area contributed by atoms with E-state index in [4.69, 9.17) is 0 Å². The summed E-state index contributed by atoms with van der Waals surface area (Å²) in [6.45, 7) is 3.58. The molecule has 6 nitrogen and oxygen atoms in total. The first-order valence-corrected chi connectivity index (χ1v) is 6.80. The van der Waals surface area contributed by atoms with Crippen molar-refractivity contribution in [1.29, 1.82) is 0 Å². The fraction of sp³-hybridized carbons (Fsp3) is 0.429. The summed E-state index contributed by atoms with van der Waals surface area (Å²) >= 11 is 0. The summed E-state index contributed by atoms with van der Waals surface area (Å²) in [4.78, 5) is 4.20. The van der Waals surface area contributed by atoms with Gasteiger partial charge in [0.1, 0.15) is 5.76 Å². The topological polar surface area (TPSA) is 94.1 Å². The maximum atomic E-state index is 9.77. The van der Waals surface area contributed by atoms with Crippen molar-refractivity contribution in [2.45, 2.75) is 37.8 Å². The Morgan fingerprint density at radius 2 is 2.25 bits per heavy atom. The van der Waals surface area contributed by atoms with Crippen molar-refractivity contribution in [3.8, 4) is 0 Å². The van der Waals surface area contributed by atoms with Gasteiger partial charge in [0.15, 0.2) is 5.65 Å². The second-order valence-electron chi connectivity index (χ2n) is 5.29. The Morgan fingerprint density at radius 3 is 3.00 bits per heavy atom. The minimum atomic E-state index is -0.260. The monoisotopic (exact) mass is 274 g/mol. The lowest BCUT2D eigenvalue weighted by Crippen LogP contribution is -2.30.